The van der Waals surface area contributed by atoms with Crippen molar-refractivity contribution in [2.45, 2.75) is 6.92 Å². The summed E-state index contributed by atoms with van der Waals surface area (Å²) >= 11 is 3.49. The molecule has 17 heavy (non-hydrogen) atoms. The van der Waals surface area contributed by atoms with Gasteiger partial charge >= 0.3 is 0 Å². The van der Waals surface area contributed by atoms with Gasteiger partial charge in [0.2, 0.25) is 0 Å². The van der Waals surface area contributed by atoms with Crippen LogP contribution in [0.2, 0.25) is 0 Å². The number of halogens is 1. The molecule has 0 unspecified atom stereocenters. The molecule has 0 fully saturated rings. The van der Waals surface area contributed by atoms with Gasteiger partial charge in [0, 0.05) is 16.2 Å². The summed E-state index contributed by atoms with van der Waals surface area (Å²) in [4.78, 5) is 4.64. The Labute approximate surface area is 108 Å². The molecule has 0 aliphatic heterocycles. The van der Waals surface area contributed by atoms with E-state index in [4.69, 9.17) is 0 Å². The maximum absolute atomic E-state index is 4.64. The molecular formula is C14H11BrN2. The number of hydrogen-bond donors (Lipinski definition) is 0. The summed E-state index contributed by atoms with van der Waals surface area (Å²) in [7, 11) is 0. The second-order valence-electron chi connectivity index (χ2n) is 3.99. The van der Waals surface area contributed by atoms with Crippen LogP contribution in [0.15, 0.2) is 53.1 Å². The van der Waals surface area contributed by atoms with Crippen molar-refractivity contribution in [3.63, 3.8) is 0 Å². The molecule has 3 rings (SSSR count). The maximum atomic E-state index is 4.64. The molecule has 0 bridgehead atoms. The number of benzene rings is 1. The predicted molar refractivity (Wildman–Crippen MR) is 73.1 cm³/mol. The third-order valence-electron chi connectivity index (χ3n) is 2.82. The van der Waals surface area contributed by atoms with Crippen LogP contribution < -0.4 is 0 Å². The lowest BCUT2D eigenvalue weighted by Gasteiger charge is -2.01. The zero-order valence-corrected chi connectivity index (χ0v) is 11.0. The zero-order valence-electron chi connectivity index (χ0n) is 9.39. The summed E-state index contributed by atoms with van der Waals surface area (Å²) in [6, 6.07) is 14.4. The van der Waals surface area contributed by atoms with Crippen LogP contribution in [-0.4, -0.2) is 9.38 Å². The third kappa shape index (κ3) is 1.76. The molecule has 2 heterocycles. The summed E-state index contributed by atoms with van der Waals surface area (Å²) in [5.74, 6) is 0.986. The summed E-state index contributed by atoms with van der Waals surface area (Å²) in [5.41, 5.74) is 3.33. The lowest BCUT2D eigenvalue weighted by molar-refractivity contribution is 1.16. The first-order valence-corrected chi connectivity index (χ1v) is 6.24. The summed E-state index contributed by atoms with van der Waals surface area (Å²) in [6.07, 6.45) is 2.05. The molecule has 0 aliphatic carbocycles. The minimum Gasteiger partial charge on any atom is -0.300 e. The number of aryl methyl sites for hydroxylation is 1. The van der Waals surface area contributed by atoms with E-state index in [1.807, 2.05) is 37.4 Å². The highest BCUT2D eigenvalue weighted by atomic mass is 79.9. The Morgan fingerprint density at radius 1 is 1.12 bits per heavy atom. The quantitative estimate of drug-likeness (QED) is 0.659. The Morgan fingerprint density at radius 2 is 2.00 bits per heavy atom. The molecule has 2 nitrogen and oxygen atoms in total. The number of imidazole rings is 1. The van der Waals surface area contributed by atoms with Crippen molar-refractivity contribution in [1.29, 1.82) is 0 Å². The maximum Gasteiger partial charge on any atom is 0.144 e. The fourth-order valence-corrected chi connectivity index (χ4v) is 2.42. The smallest absolute Gasteiger partial charge is 0.144 e. The molecule has 2 aromatic heterocycles. The number of hydrogen-bond acceptors (Lipinski definition) is 1. The van der Waals surface area contributed by atoms with E-state index < -0.39 is 0 Å². The van der Waals surface area contributed by atoms with Crippen molar-refractivity contribution in [1.82, 2.24) is 9.38 Å². The van der Waals surface area contributed by atoms with Crippen LogP contribution in [0.3, 0.4) is 0 Å². The monoisotopic (exact) mass is 286 g/mol. The van der Waals surface area contributed by atoms with Crippen LogP contribution in [0.4, 0.5) is 0 Å². The molecule has 3 heteroatoms. The van der Waals surface area contributed by atoms with Gasteiger partial charge in [-0.25, -0.2) is 4.98 Å². The molecular weight excluding hydrogens is 276 g/mol. The second kappa shape index (κ2) is 4.00. The SMILES string of the molecule is Cc1nc(-c2cccc(Br)c2)n2ccccc12. The Morgan fingerprint density at radius 3 is 2.82 bits per heavy atom. The van der Waals surface area contributed by atoms with E-state index in [9.17, 15) is 0 Å². The topological polar surface area (TPSA) is 17.3 Å². The van der Waals surface area contributed by atoms with Gasteiger partial charge in [0.05, 0.1) is 11.2 Å². The van der Waals surface area contributed by atoms with Gasteiger partial charge in [-0.05, 0) is 31.2 Å². The Hall–Kier alpha value is -1.61. The zero-order chi connectivity index (χ0) is 11.8. The lowest BCUT2D eigenvalue weighted by atomic mass is 10.2. The van der Waals surface area contributed by atoms with Crippen LogP contribution in [0.1, 0.15) is 5.69 Å². The molecule has 84 valence electrons. The average Bonchev–Trinajstić information content (AvgIpc) is 2.68. The van der Waals surface area contributed by atoms with Crippen LogP contribution in [0.25, 0.3) is 16.9 Å². The molecule has 0 amide bonds. The number of pyridine rings is 1. The summed E-state index contributed by atoms with van der Waals surface area (Å²) in [6.45, 7) is 2.04. The van der Waals surface area contributed by atoms with Gasteiger partial charge in [0.25, 0.3) is 0 Å². The average molecular weight is 287 g/mol. The van der Waals surface area contributed by atoms with Gasteiger partial charge < -0.3 is 0 Å². The molecule has 0 N–H and O–H groups in total. The minimum atomic E-state index is 0.986. The van der Waals surface area contributed by atoms with Crippen LogP contribution in [0, 0.1) is 6.92 Å². The van der Waals surface area contributed by atoms with Crippen molar-refractivity contribution in [3.8, 4) is 11.4 Å². The highest BCUT2D eigenvalue weighted by Crippen LogP contribution is 2.24. The van der Waals surface area contributed by atoms with Gasteiger partial charge in [-0.15, -0.1) is 0 Å². The van der Waals surface area contributed by atoms with E-state index in [1.54, 1.807) is 0 Å². The molecule has 0 atom stereocenters. The molecule has 0 spiro atoms. The third-order valence-corrected chi connectivity index (χ3v) is 3.31. The first-order valence-electron chi connectivity index (χ1n) is 5.45. The van der Waals surface area contributed by atoms with Crippen molar-refractivity contribution >= 4 is 21.4 Å². The van der Waals surface area contributed by atoms with Crippen LogP contribution in [-0.2, 0) is 0 Å². The predicted octanol–water partition coefficient (Wildman–Crippen LogP) is 4.07. The lowest BCUT2D eigenvalue weighted by Crippen LogP contribution is -1.88. The van der Waals surface area contributed by atoms with Gasteiger partial charge in [-0.1, -0.05) is 34.1 Å². The van der Waals surface area contributed by atoms with E-state index in [2.05, 4.69) is 43.5 Å². The molecule has 0 radical (unpaired) electrons. The molecule has 0 saturated heterocycles. The minimum absolute atomic E-state index is 0.986. The number of rotatable bonds is 1. The van der Waals surface area contributed by atoms with Crippen LogP contribution >= 0.6 is 15.9 Å². The van der Waals surface area contributed by atoms with E-state index in [0.717, 1.165) is 27.1 Å². The molecule has 3 aromatic rings. The van der Waals surface area contributed by atoms with Gasteiger partial charge in [-0.2, -0.15) is 0 Å². The van der Waals surface area contributed by atoms with Gasteiger partial charge in [0.15, 0.2) is 0 Å². The second-order valence-corrected chi connectivity index (χ2v) is 4.90. The highest BCUT2D eigenvalue weighted by Gasteiger charge is 2.08. The normalized spacial score (nSPS) is 10.9. The Bertz CT molecular complexity index is 686. The fraction of sp³-hybridized carbons (Fsp3) is 0.0714. The van der Waals surface area contributed by atoms with E-state index in [-0.39, 0.29) is 0 Å². The first-order chi connectivity index (χ1) is 8.25. The van der Waals surface area contributed by atoms with E-state index in [0.29, 0.717) is 0 Å². The first kappa shape index (κ1) is 10.5. The van der Waals surface area contributed by atoms with Crippen molar-refractivity contribution in [2.24, 2.45) is 0 Å². The highest BCUT2D eigenvalue weighted by molar-refractivity contribution is 9.10. The number of aromatic nitrogens is 2. The summed E-state index contributed by atoms with van der Waals surface area (Å²) < 4.78 is 3.19. The molecule has 0 aliphatic rings. The van der Waals surface area contributed by atoms with Gasteiger partial charge in [-0.3, -0.25) is 4.40 Å². The molecule has 0 saturated carbocycles. The Kier molecular flexibility index (Phi) is 2.48. The number of fused-ring (bicyclic) bond motifs is 1. The largest absolute Gasteiger partial charge is 0.300 e. The van der Waals surface area contributed by atoms with Crippen molar-refractivity contribution in [3.05, 3.63) is 58.8 Å². The Balaban J connectivity index is 2.31. The molecule has 1 aromatic carbocycles. The van der Waals surface area contributed by atoms with E-state index in [1.165, 1.54) is 0 Å². The van der Waals surface area contributed by atoms with E-state index >= 15 is 0 Å². The van der Waals surface area contributed by atoms with Crippen molar-refractivity contribution in [2.75, 3.05) is 0 Å². The standard InChI is InChI=1S/C14H11BrN2/c1-10-13-7-2-3-8-17(13)14(16-10)11-5-4-6-12(15)9-11/h2-9H,1H3. The summed E-state index contributed by atoms with van der Waals surface area (Å²) in [5, 5.41) is 0. The fourth-order valence-electron chi connectivity index (χ4n) is 2.02. The van der Waals surface area contributed by atoms with Crippen LogP contribution in [0.5, 0.6) is 0 Å². The van der Waals surface area contributed by atoms with Crippen molar-refractivity contribution < 1.29 is 0 Å². The van der Waals surface area contributed by atoms with Gasteiger partial charge in [0.1, 0.15) is 5.82 Å². The number of nitrogens with zero attached hydrogens (tertiary/aromatic N) is 2.